The zero-order chi connectivity index (χ0) is 16.0. The maximum absolute atomic E-state index is 11.9. The summed E-state index contributed by atoms with van der Waals surface area (Å²) >= 11 is 0. The number of likely N-dealkylation sites (tertiary alicyclic amines) is 1. The van der Waals surface area contributed by atoms with Crippen molar-refractivity contribution in [1.29, 1.82) is 0 Å². The fourth-order valence-corrected chi connectivity index (χ4v) is 6.05. The van der Waals surface area contributed by atoms with Crippen molar-refractivity contribution in [3.05, 3.63) is 23.3 Å². The lowest BCUT2D eigenvalue weighted by molar-refractivity contribution is -0.186. The van der Waals surface area contributed by atoms with Crippen molar-refractivity contribution in [2.75, 3.05) is 20.6 Å². The van der Waals surface area contributed by atoms with Crippen LogP contribution >= 0.6 is 0 Å². The number of benzene rings is 1. The molecule has 0 aromatic heterocycles. The Bertz CT molecular complexity index is 693. The number of aromatic hydroxyl groups is 1. The highest BCUT2D eigenvalue weighted by Crippen LogP contribution is 2.65. The number of hydrogen-bond donors (Lipinski definition) is 3. The van der Waals surface area contributed by atoms with E-state index in [0.717, 1.165) is 37.8 Å². The van der Waals surface area contributed by atoms with E-state index in [1.54, 1.807) is 6.07 Å². The molecule has 5 nitrogen and oxygen atoms in total. The second-order valence-corrected chi connectivity index (χ2v) is 7.77. The van der Waals surface area contributed by atoms with E-state index in [2.05, 4.69) is 17.3 Å². The maximum atomic E-state index is 11.9. The molecule has 4 aliphatic rings. The van der Waals surface area contributed by atoms with Gasteiger partial charge in [0.1, 0.15) is 6.10 Å². The third-order valence-electron chi connectivity index (χ3n) is 7.10. The predicted octanol–water partition coefficient (Wildman–Crippen LogP) is 0.764. The van der Waals surface area contributed by atoms with Crippen molar-refractivity contribution in [3.8, 4) is 11.5 Å². The highest BCUT2D eigenvalue weighted by molar-refractivity contribution is 5.62. The summed E-state index contributed by atoms with van der Waals surface area (Å²) < 4.78 is 6.32. The van der Waals surface area contributed by atoms with Crippen LogP contribution in [0.25, 0.3) is 0 Å². The number of nitrogens with one attached hydrogen (secondary N) is 1. The number of hydrogen-bond acceptors (Lipinski definition) is 5. The predicted molar refractivity (Wildman–Crippen MR) is 86.0 cm³/mol. The molecule has 2 bridgehead atoms. The van der Waals surface area contributed by atoms with E-state index in [1.165, 1.54) is 5.56 Å². The summed E-state index contributed by atoms with van der Waals surface area (Å²) in [5, 5.41) is 25.6. The summed E-state index contributed by atoms with van der Waals surface area (Å²) in [6.07, 6.45) is 3.28. The Morgan fingerprint density at radius 1 is 1.35 bits per heavy atom. The summed E-state index contributed by atoms with van der Waals surface area (Å²) in [6.45, 7) is 0.956. The fourth-order valence-electron chi connectivity index (χ4n) is 6.05. The number of ether oxygens (including phenoxy) is 1. The van der Waals surface area contributed by atoms with Crippen LogP contribution in [0.5, 0.6) is 11.5 Å². The van der Waals surface area contributed by atoms with Gasteiger partial charge in [0, 0.05) is 17.6 Å². The number of likely N-dealkylation sites (N-methyl/N-ethyl adjacent to an activating group) is 2. The first-order valence-electron chi connectivity index (χ1n) is 8.65. The average molecular weight is 316 g/mol. The molecular formula is C18H24N2O3. The minimum atomic E-state index is -0.774. The van der Waals surface area contributed by atoms with E-state index in [9.17, 15) is 10.2 Å². The quantitative estimate of drug-likeness (QED) is 0.714. The SMILES string of the molecule is CNC1CC[C@@]2(O)C3Cc4ccc(O)c5c4C2(CCN3C)[C@H]1O5. The molecule has 0 radical (unpaired) electrons. The van der Waals surface area contributed by atoms with E-state index in [1.807, 2.05) is 13.1 Å². The van der Waals surface area contributed by atoms with Crippen LogP contribution in [-0.2, 0) is 11.8 Å². The Morgan fingerprint density at radius 2 is 2.17 bits per heavy atom. The zero-order valence-corrected chi connectivity index (χ0v) is 13.7. The van der Waals surface area contributed by atoms with Gasteiger partial charge in [0.2, 0.25) is 0 Å². The van der Waals surface area contributed by atoms with Crippen molar-refractivity contribution in [2.45, 2.75) is 54.9 Å². The molecule has 5 atom stereocenters. The standard InChI is InChI=1S/C18H24N2O3/c1-19-11-5-6-18(22)13-9-10-3-4-12(21)15-14(10)17(18,16(11)23-15)7-8-20(13)2/h3-4,11,13,16,19,21-22H,5-9H2,1-2H3/t11?,13?,16-,17?,18+/m0/s1. The Morgan fingerprint density at radius 3 is 2.96 bits per heavy atom. The van der Waals surface area contributed by atoms with Gasteiger partial charge in [-0.3, -0.25) is 0 Å². The summed E-state index contributed by atoms with van der Waals surface area (Å²) in [4.78, 5) is 2.32. The second kappa shape index (κ2) is 4.21. The lowest BCUT2D eigenvalue weighted by atomic mass is 9.48. The maximum Gasteiger partial charge on any atom is 0.165 e. The van der Waals surface area contributed by atoms with Crippen molar-refractivity contribution in [3.63, 3.8) is 0 Å². The summed E-state index contributed by atoms with van der Waals surface area (Å²) in [5.74, 6) is 0.832. The number of phenols is 1. The Hall–Kier alpha value is -1.30. The van der Waals surface area contributed by atoms with E-state index < -0.39 is 11.0 Å². The van der Waals surface area contributed by atoms with Crippen molar-refractivity contribution in [1.82, 2.24) is 10.2 Å². The monoisotopic (exact) mass is 316 g/mol. The normalized spacial score (nSPS) is 43.9. The number of aliphatic hydroxyl groups is 1. The number of piperidine rings is 1. The third-order valence-corrected chi connectivity index (χ3v) is 7.10. The topological polar surface area (TPSA) is 65.0 Å². The molecule has 0 amide bonds. The van der Waals surface area contributed by atoms with Gasteiger partial charge in [0.05, 0.1) is 11.0 Å². The van der Waals surface area contributed by atoms with Gasteiger partial charge in [-0.15, -0.1) is 0 Å². The highest BCUT2D eigenvalue weighted by Gasteiger charge is 2.72. The van der Waals surface area contributed by atoms with Crippen molar-refractivity contribution >= 4 is 0 Å². The molecule has 1 spiro atoms. The van der Waals surface area contributed by atoms with Gasteiger partial charge in [0.15, 0.2) is 11.5 Å². The first-order chi connectivity index (χ1) is 11.0. The molecule has 2 fully saturated rings. The van der Waals surface area contributed by atoms with Crippen LogP contribution < -0.4 is 10.1 Å². The van der Waals surface area contributed by atoms with E-state index in [0.29, 0.717) is 5.75 Å². The fraction of sp³-hybridized carbons (Fsp3) is 0.667. The molecule has 1 saturated heterocycles. The van der Waals surface area contributed by atoms with Gasteiger partial charge in [-0.1, -0.05) is 6.07 Å². The van der Waals surface area contributed by atoms with Gasteiger partial charge in [-0.25, -0.2) is 0 Å². The number of phenolic OH excluding ortho intramolecular Hbond substituents is 1. The van der Waals surface area contributed by atoms with Crippen LogP contribution in [0.1, 0.15) is 30.4 Å². The van der Waals surface area contributed by atoms with Crippen molar-refractivity contribution in [2.24, 2.45) is 0 Å². The number of rotatable bonds is 1. The second-order valence-electron chi connectivity index (χ2n) is 7.77. The van der Waals surface area contributed by atoms with Crippen LogP contribution in [0, 0.1) is 0 Å². The smallest absolute Gasteiger partial charge is 0.165 e. The lowest BCUT2D eigenvalue weighted by Gasteiger charge is -2.63. The van der Waals surface area contributed by atoms with E-state index in [-0.39, 0.29) is 23.9 Å². The zero-order valence-electron chi connectivity index (χ0n) is 13.7. The summed E-state index contributed by atoms with van der Waals surface area (Å²) in [6, 6.07) is 4.10. The number of nitrogens with zero attached hydrogens (tertiary/aromatic N) is 1. The molecule has 23 heavy (non-hydrogen) atoms. The van der Waals surface area contributed by atoms with Gasteiger partial charge in [-0.2, -0.15) is 0 Å². The van der Waals surface area contributed by atoms with E-state index >= 15 is 0 Å². The van der Waals surface area contributed by atoms with Crippen LogP contribution in [0.4, 0.5) is 0 Å². The van der Waals surface area contributed by atoms with Crippen LogP contribution in [0.3, 0.4) is 0 Å². The van der Waals surface area contributed by atoms with E-state index in [4.69, 9.17) is 4.74 Å². The molecule has 1 aromatic rings. The molecule has 2 aliphatic carbocycles. The molecule has 1 aromatic carbocycles. The van der Waals surface area contributed by atoms with Crippen LogP contribution in [0.2, 0.25) is 0 Å². The van der Waals surface area contributed by atoms with Crippen LogP contribution in [-0.4, -0.2) is 59.5 Å². The molecule has 124 valence electrons. The molecule has 5 heteroatoms. The molecular weight excluding hydrogens is 292 g/mol. The molecule has 1 saturated carbocycles. The van der Waals surface area contributed by atoms with Gasteiger partial charge in [-0.05, 0) is 58.0 Å². The lowest BCUT2D eigenvalue weighted by Crippen LogP contribution is -2.77. The highest BCUT2D eigenvalue weighted by atomic mass is 16.5. The average Bonchev–Trinajstić information content (AvgIpc) is 2.89. The van der Waals surface area contributed by atoms with Gasteiger partial charge in [0.25, 0.3) is 0 Å². The first kappa shape index (κ1) is 14.1. The van der Waals surface area contributed by atoms with Gasteiger partial charge < -0.3 is 25.2 Å². The summed E-state index contributed by atoms with van der Waals surface area (Å²) in [5.41, 5.74) is 1.16. The third kappa shape index (κ3) is 1.37. The molecule has 2 heterocycles. The molecule has 5 rings (SSSR count). The Balaban J connectivity index is 1.83. The molecule has 3 N–H and O–H groups in total. The molecule has 2 aliphatic heterocycles. The minimum Gasteiger partial charge on any atom is -0.504 e. The largest absolute Gasteiger partial charge is 0.504 e. The van der Waals surface area contributed by atoms with Crippen LogP contribution in [0.15, 0.2) is 12.1 Å². The summed E-state index contributed by atoms with van der Waals surface area (Å²) in [7, 11) is 4.09. The minimum absolute atomic E-state index is 0.107. The first-order valence-corrected chi connectivity index (χ1v) is 8.65. The van der Waals surface area contributed by atoms with Crippen molar-refractivity contribution < 1.29 is 14.9 Å². The Kier molecular flexibility index (Phi) is 2.57. The van der Waals surface area contributed by atoms with Gasteiger partial charge >= 0.3 is 0 Å². The molecule has 3 unspecified atom stereocenters. The Labute approximate surface area is 136 Å².